The molecule has 1 amide bonds. The van der Waals surface area contributed by atoms with Crippen molar-refractivity contribution >= 4 is 11.6 Å². The van der Waals surface area contributed by atoms with Gasteiger partial charge in [-0.05, 0) is 49.2 Å². The number of nitrogens with one attached hydrogen (secondary N) is 1. The first kappa shape index (κ1) is 13.0. The third-order valence-corrected chi connectivity index (χ3v) is 2.91. The number of anilines is 1. The molecule has 2 aromatic rings. The number of carbonyl (C=O) groups is 1. The van der Waals surface area contributed by atoms with Crippen LogP contribution in [0.2, 0.25) is 0 Å². The Labute approximate surface area is 111 Å². The second-order valence-corrected chi connectivity index (χ2v) is 4.43. The molecule has 4 nitrogen and oxygen atoms in total. The first-order valence-corrected chi connectivity index (χ1v) is 5.88. The van der Waals surface area contributed by atoms with E-state index in [0.717, 1.165) is 0 Å². The summed E-state index contributed by atoms with van der Waals surface area (Å²) in [6, 6.07) is 9.74. The van der Waals surface area contributed by atoms with Gasteiger partial charge < -0.3 is 15.5 Å². The highest BCUT2D eigenvalue weighted by Gasteiger charge is 2.11. The molecule has 0 unspecified atom stereocenters. The van der Waals surface area contributed by atoms with Crippen molar-refractivity contribution < 1.29 is 15.0 Å². The Hall–Kier alpha value is -2.49. The van der Waals surface area contributed by atoms with Crippen molar-refractivity contribution in [2.75, 3.05) is 5.32 Å². The third-order valence-electron chi connectivity index (χ3n) is 2.91. The molecule has 0 bridgehead atoms. The highest BCUT2D eigenvalue weighted by atomic mass is 16.3. The van der Waals surface area contributed by atoms with E-state index in [2.05, 4.69) is 5.32 Å². The van der Waals surface area contributed by atoms with Gasteiger partial charge in [0.15, 0.2) is 0 Å². The van der Waals surface area contributed by atoms with Crippen LogP contribution in [0.4, 0.5) is 5.69 Å². The Morgan fingerprint density at radius 2 is 1.63 bits per heavy atom. The van der Waals surface area contributed by atoms with Crippen LogP contribution in [0, 0.1) is 13.8 Å². The van der Waals surface area contributed by atoms with E-state index >= 15 is 0 Å². The van der Waals surface area contributed by atoms with Crippen molar-refractivity contribution in [3.8, 4) is 11.5 Å². The lowest BCUT2D eigenvalue weighted by Crippen LogP contribution is -2.12. The predicted molar refractivity (Wildman–Crippen MR) is 73.6 cm³/mol. The van der Waals surface area contributed by atoms with Gasteiger partial charge in [-0.3, -0.25) is 4.79 Å². The van der Waals surface area contributed by atoms with Gasteiger partial charge in [0.1, 0.15) is 11.5 Å². The van der Waals surface area contributed by atoms with Gasteiger partial charge in [0.05, 0.1) is 5.69 Å². The largest absolute Gasteiger partial charge is 0.507 e. The number of rotatable bonds is 2. The number of aromatic hydroxyl groups is 2. The molecule has 4 heteroatoms. The molecule has 0 aromatic heterocycles. The van der Waals surface area contributed by atoms with E-state index in [4.69, 9.17) is 0 Å². The highest BCUT2D eigenvalue weighted by molar-refractivity contribution is 6.05. The molecule has 2 aromatic carbocycles. The van der Waals surface area contributed by atoms with Crippen LogP contribution in [0.5, 0.6) is 11.5 Å². The summed E-state index contributed by atoms with van der Waals surface area (Å²) in [6.45, 7) is 3.47. The maximum Gasteiger partial charge on any atom is 0.255 e. The normalized spacial score (nSPS) is 10.2. The summed E-state index contributed by atoms with van der Waals surface area (Å²) < 4.78 is 0. The van der Waals surface area contributed by atoms with E-state index in [0.29, 0.717) is 22.4 Å². The van der Waals surface area contributed by atoms with Crippen molar-refractivity contribution in [2.45, 2.75) is 13.8 Å². The molecular formula is C15H15NO3. The van der Waals surface area contributed by atoms with E-state index in [1.165, 1.54) is 6.07 Å². The number of hydrogen-bond donors (Lipinski definition) is 3. The van der Waals surface area contributed by atoms with Crippen LogP contribution in [-0.4, -0.2) is 16.1 Å². The van der Waals surface area contributed by atoms with Gasteiger partial charge in [-0.15, -0.1) is 0 Å². The van der Waals surface area contributed by atoms with Crippen molar-refractivity contribution in [1.29, 1.82) is 0 Å². The predicted octanol–water partition coefficient (Wildman–Crippen LogP) is 2.97. The van der Waals surface area contributed by atoms with E-state index in [1.54, 1.807) is 44.2 Å². The van der Waals surface area contributed by atoms with E-state index in [9.17, 15) is 15.0 Å². The molecule has 0 saturated heterocycles. The summed E-state index contributed by atoms with van der Waals surface area (Å²) in [5, 5.41) is 21.9. The zero-order chi connectivity index (χ0) is 14.0. The van der Waals surface area contributed by atoms with Gasteiger partial charge >= 0.3 is 0 Å². The molecule has 0 radical (unpaired) electrons. The van der Waals surface area contributed by atoms with Crippen LogP contribution in [-0.2, 0) is 0 Å². The monoisotopic (exact) mass is 257 g/mol. The molecule has 0 fully saturated rings. The number of benzene rings is 2. The number of phenols is 2. The lowest BCUT2D eigenvalue weighted by molar-refractivity contribution is 0.102. The summed E-state index contributed by atoms with van der Waals surface area (Å²) in [7, 11) is 0. The Bertz CT molecular complexity index is 612. The van der Waals surface area contributed by atoms with Crippen LogP contribution in [0.1, 0.15) is 21.5 Å². The van der Waals surface area contributed by atoms with Crippen molar-refractivity contribution in [2.24, 2.45) is 0 Å². The lowest BCUT2D eigenvalue weighted by Gasteiger charge is -2.09. The van der Waals surface area contributed by atoms with Crippen LogP contribution in [0.25, 0.3) is 0 Å². The summed E-state index contributed by atoms with van der Waals surface area (Å²) >= 11 is 0. The molecule has 19 heavy (non-hydrogen) atoms. The van der Waals surface area contributed by atoms with E-state index < -0.39 is 0 Å². The number of hydrogen-bond acceptors (Lipinski definition) is 3. The first-order valence-electron chi connectivity index (χ1n) is 5.88. The SMILES string of the molecule is Cc1cc(C(=O)Nc2ccccc2O)cc(C)c1O. The van der Waals surface area contributed by atoms with E-state index in [-0.39, 0.29) is 17.4 Å². The number of aryl methyl sites for hydroxylation is 2. The maximum absolute atomic E-state index is 12.1. The number of para-hydroxylation sites is 2. The molecule has 2 rings (SSSR count). The minimum Gasteiger partial charge on any atom is -0.507 e. The van der Waals surface area contributed by atoms with Crippen LogP contribution >= 0.6 is 0 Å². The average Bonchev–Trinajstić information content (AvgIpc) is 2.38. The topological polar surface area (TPSA) is 69.6 Å². The van der Waals surface area contributed by atoms with Crippen molar-refractivity contribution in [3.63, 3.8) is 0 Å². The minimum atomic E-state index is -0.326. The molecule has 0 heterocycles. The van der Waals surface area contributed by atoms with Gasteiger partial charge in [0.2, 0.25) is 0 Å². The third kappa shape index (κ3) is 2.68. The Kier molecular flexibility index (Phi) is 3.42. The van der Waals surface area contributed by atoms with Gasteiger partial charge in [-0.2, -0.15) is 0 Å². The Balaban J connectivity index is 2.28. The molecule has 0 saturated carbocycles. The zero-order valence-electron chi connectivity index (χ0n) is 10.8. The van der Waals surface area contributed by atoms with Crippen LogP contribution < -0.4 is 5.32 Å². The molecule has 0 aliphatic rings. The number of amides is 1. The smallest absolute Gasteiger partial charge is 0.255 e. The average molecular weight is 257 g/mol. The molecular weight excluding hydrogens is 242 g/mol. The van der Waals surface area contributed by atoms with Gasteiger partial charge in [0.25, 0.3) is 5.91 Å². The fourth-order valence-corrected chi connectivity index (χ4v) is 1.86. The van der Waals surface area contributed by atoms with Gasteiger partial charge in [0, 0.05) is 5.56 Å². The van der Waals surface area contributed by atoms with Gasteiger partial charge in [-0.1, -0.05) is 12.1 Å². The summed E-state index contributed by atoms with van der Waals surface area (Å²) in [5.41, 5.74) is 2.08. The van der Waals surface area contributed by atoms with Crippen molar-refractivity contribution in [1.82, 2.24) is 0 Å². The molecule has 0 aliphatic carbocycles. The van der Waals surface area contributed by atoms with Gasteiger partial charge in [-0.25, -0.2) is 0 Å². The molecule has 0 spiro atoms. The summed E-state index contributed by atoms with van der Waals surface area (Å²) in [6.07, 6.45) is 0. The van der Waals surface area contributed by atoms with Crippen LogP contribution in [0.15, 0.2) is 36.4 Å². The highest BCUT2D eigenvalue weighted by Crippen LogP contribution is 2.25. The maximum atomic E-state index is 12.1. The van der Waals surface area contributed by atoms with E-state index in [1.807, 2.05) is 0 Å². The minimum absolute atomic E-state index is 0.0167. The summed E-state index contributed by atoms with van der Waals surface area (Å²) in [4.78, 5) is 12.1. The lowest BCUT2D eigenvalue weighted by atomic mass is 10.1. The molecule has 0 aliphatic heterocycles. The number of carbonyl (C=O) groups excluding carboxylic acids is 1. The molecule has 98 valence electrons. The Morgan fingerprint density at radius 3 is 2.21 bits per heavy atom. The molecule has 3 N–H and O–H groups in total. The second kappa shape index (κ2) is 5.02. The second-order valence-electron chi connectivity index (χ2n) is 4.43. The quantitative estimate of drug-likeness (QED) is 0.724. The van der Waals surface area contributed by atoms with Crippen molar-refractivity contribution in [3.05, 3.63) is 53.1 Å². The molecule has 0 atom stereocenters. The summed E-state index contributed by atoms with van der Waals surface area (Å²) in [5.74, 6) is -0.116. The Morgan fingerprint density at radius 1 is 1.05 bits per heavy atom. The number of phenolic OH excluding ortho intramolecular Hbond substituents is 2. The fourth-order valence-electron chi connectivity index (χ4n) is 1.86. The zero-order valence-corrected chi connectivity index (χ0v) is 10.8. The first-order chi connectivity index (χ1) is 8.99. The standard InChI is InChI=1S/C15H15NO3/c1-9-7-11(8-10(2)14(9)18)15(19)16-12-5-3-4-6-13(12)17/h3-8,17-18H,1-2H3,(H,16,19). The fraction of sp³-hybridized carbons (Fsp3) is 0.133. The van der Waals surface area contributed by atoms with Crippen LogP contribution in [0.3, 0.4) is 0 Å².